The number of rotatable bonds is 6. The molecule has 0 radical (unpaired) electrons. The minimum atomic E-state index is -0.256. The van der Waals surface area contributed by atoms with Gasteiger partial charge in [0.2, 0.25) is 0 Å². The zero-order valence-corrected chi connectivity index (χ0v) is 22.3. The lowest BCUT2D eigenvalue weighted by atomic mass is 10.1. The second-order valence-corrected chi connectivity index (χ2v) is 10.7. The molecule has 1 aliphatic heterocycles. The molecule has 1 fully saturated rings. The molecule has 3 aromatic rings. The molecule has 0 bridgehead atoms. The summed E-state index contributed by atoms with van der Waals surface area (Å²) in [7, 11) is 0. The lowest BCUT2D eigenvalue weighted by Crippen LogP contribution is -2.27. The maximum Gasteiger partial charge on any atom is 0.293 e. The molecule has 32 heavy (non-hydrogen) atoms. The van der Waals surface area contributed by atoms with Gasteiger partial charge in [-0.25, -0.2) is 0 Å². The molecular formula is C25H19I2NO3S. The van der Waals surface area contributed by atoms with E-state index >= 15 is 0 Å². The highest BCUT2D eigenvalue weighted by molar-refractivity contribution is 14.1. The van der Waals surface area contributed by atoms with E-state index in [4.69, 9.17) is 4.74 Å². The Morgan fingerprint density at radius 1 is 0.938 bits per heavy atom. The van der Waals surface area contributed by atoms with Gasteiger partial charge in [0.1, 0.15) is 12.4 Å². The lowest BCUT2D eigenvalue weighted by Gasteiger charge is -2.12. The quantitative estimate of drug-likeness (QED) is 0.210. The van der Waals surface area contributed by atoms with E-state index in [1.165, 1.54) is 10.5 Å². The first kappa shape index (κ1) is 23.3. The topological polar surface area (TPSA) is 46.6 Å². The zero-order chi connectivity index (χ0) is 22.7. The van der Waals surface area contributed by atoms with Crippen molar-refractivity contribution in [2.45, 2.75) is 20.1 Å². The van der Waals surface area contributed by atoms with Crippen molar-refractivity contribution in [2.24, 2.45) is 0 Å². The van der Waals surface area contributed by atoms with Gasteiger partial charge in [-0.2, -0.15) is 0 Å². The minimum absolute atomic E-state index is 0.243. The number of amides is 2. The van der Waals surface area contributed by atoms with Crippen molar-refractivity contribution in [3.8, 4) is 5.75 Å². The monoisotopic (exact) mass is 667 g/mol. The van der Waals surface area contributed by atoms with Gasteiger partial charge in [-0.1, -0.05) is 60.2 Å². The van der Waals surface area contributed by atoms with E-state index in [0.717, 1.165) is 41.3 Å². The number of carbonyl (C=O) groups excluding carboxylic acids is 2. The van der Waals surface area contributed by atoms with E-state index < -0.39 is 0 Å². The smallest absolute Gasteiger partial charge is 0.293 e. The van der Waals surface area contributed by atoms with Gasteiger partial charge in [0, 0.05) is 0 Å². The largest absolute Gasteiger partial charge is 0.487 e. The number of hydrogen-bond acceptors (Lipinski definition) is 4. The first-order valence-corrected chi connectivity index (χ1v) is 12.8. The third kappa shape index (κ3) is 5.55. The van der Waals surface area contributed by atoms with Crippen molar-refractivity contribution in [3.63, 3.8) is 0 Å². The van der Waals surface area contributed by atoms with Crippen molar-refractivity contribution < 1.29 is 14.3 Å². The normalized spacial score (nSPS) is 15.0. The number of halogens is 2. The van der Waals surface area contributed by atoms with Crippen LogP contribution in [0, 0.1) is 14.1 Å². The third-order valence-electron chi connectivity index (χ3n) is 4.88. The van der Waals surface area contributed by atoms with Crippen LogP contribution in [0.4, 0.5) is 4.79 Å². The summed E-state index contributed by atoms with van der Waals surface area (Å²) in [5.74, 6) is 0.565. The van der Waals surface area contributed by atoms with E-state index in [-0.39, 0.29) is 17.7 Å². The van der Waals surface area contributed by atoms with E-state index in [0.29, 0.717) is 11.5 Å². The van der Waals surface area contributed by atoms with Gasteiger partial charge in [-0.3, -0.25) is 14.5 Å². The molecule has 162 valence electrons. The fourth-order valence-electron chi connectivity index (χ4n) is 3.19. The van der Waals surface area contributed by atoms with Crippen LogP contribution in [-0.2, 0) is 17.9 Å². The Morgan fingerprint density at radius 3 is 2.25 bits per heavy atom. The van der Waals surface area contributed by atoms with Crippen molar-refractivity contribution >= 4 is 74.2 Å². The Bertz CT molecular complexity index is 1170. The van der Waals surface area contributed by atoms with E-state index in [2.05, 4.69) is 76.4 Å². The SMILES string of the molecule is Cc1ccc(COc2c(I)cc(/C=C3\SC(=O)N(Cc4ccccc4)C3=O)cc2I)cc1. The number of thioether (sulfide) groups is 1. The maximum atomic E-state index is 12.8. The molecule has 4 nitrogen and oxygen atoms in total. The van der Waals surface area contributed by atoms with Gasteiger partial charge in [0.05, 0.1) is 18.6 Å². The van der Waals surface area contributed by atoms with Crippen LogP contribution in [0.3, 0.4) is 0 Å². The Hall–Kier alpha value is -1.85. The molecule has 2 amide bonds. The summed E-state index contributed by atoms with van der Waals surface area (Å²) in [6, 6.07) is 21.7. The first-order chi connectivity index (χ1) is 15.4. The minimum Gasteiger partial charge on any atom is -0.487 e. The van der Waals surface area contributed by atoms with Gasteiger partial charge >= 0.3 is 0 Å². The molecule has 0 spiro atoms. The summed E-state index contributed by atoms with van der Waals surface area (Å²) in [6.45, 7) is 2.83. The van der Waals surface area contributed by atoms with Crippen LogP contribution < -0.4 is 4.74 Å². The number of ether oxygens (including phenoxy) is 1. The Morgan fingerprint density at radius 2 is 1.59 bits per heavy atom. The fourth-order valence-corrected chi connectivity index (χ4v) is 6.16. The molecule has 4 rings (SSSR count). The number of imide groups is 1. The fraction of sp³-hybridized carbons (Fsp3) is 0.120. The number of nitrogens with zero attached hydrogens (tertiary/aromatic N) is 1. The van der Waals surface area contributed by atoms with Crippen LogP contribution in [0.15, 0.2) is 71.6 Å². The van der Waals surface area contributed by atoms with Gasteiger partial charge < -0.3 is 4.74 Å². The van der Waals surface area contributed by atoms with Crippen molar-refractivity contribution in [3.05, 3.63) is 101 Å². The predicted molar refractivity (Wildman–Crippen MR) is 145 cm³/mol. The molecule has 0 N–H and O–H groups in total. The standard InChI is InChI=1S/C25H19I2NO3S/c1-16-7-9-18(10-8-16)15-31-23-20(26)11-19(12-21(23)27)13-22-24(29)28(25(30)32-22)14-17-5-3-2-4-6-17/h2-13H,14-15H2,1H3/b22-13-. The summed E-state index contributed by atoms with van der Waals surface area (Å²) in [4.78, 5) is 27.0. The summed E-state index contributed by atoms with van der Waals surface area (Å²) < 4.78 is 7.98. The highest BCUT2D eigenvalue weighted by Gasteiger charge is 2.35. The second-order valence-electron chi connectivity index (χ2n) is 7.34. The van der Waals surface area contributed by atoms with Gasteiger partial charge in [-0.05, 0) is 98.8 Å². The van der Waals surface area contributed by atoms with Crippen LogP contribution in [0.2, 0.25) is 0 Å². The lowest BCUT2D eigenvalue weighted by molar-refractivity contribution is -0.123. The van der Waals surface area contributed by atoms with Crippen LogP contribution in [0.25, 0.3) is 6.08 Å². The summed E-state index contributed by atoms with van der Waals surface area (Å²) in [5.41, 5.74) is 4.12. The van der Waals surface area contributed by atoms with Crippen LogP contribution in [-0.4, -0.2) is 16.0 Å². The van der Waals surface area contributed by atoms with Crippen LogP contribution in [0.5, 0.6) is 5.75 Å². The summed E-state index contributed by atoms with van der Waals surface area (Å²) in [6.07, 6.45) is 1.78. The molecule has 7 heteroatoms. The average Bonchev–Trinajstić information content (AvgIpc) is 3.02. The molecule has 0 aliphatic carbocycles. The molecule has 0 atom stereocenters. The van der Waals surface area contributed by atoms with Crippen molar-refractivity contribution in [1.82, 2.24) is 4.90 Å². The molecule has 0 saturated carbocycles. The highest BCUT2D eigenvalue weighted by atomic mass is 127. The van der Waals surface area contributed by atoms with Crippen LogP contribution >= 0.6 is 56.9 Å². The predicted octanol–water partition coefficient (Wildman–Crippen LogP) is 7.02. The molecule has 1 saturated heterocycles. The number of aryl methyl sites for hydroxylation is 1. The molecule has 0 unspecified atom stereocenters. The number of benzene rings is 3. The average molecular weight is 667 g/mol. The first-order valence-electron chi connectivity index (χ1n) is 9.87. The van der Waals surface area contributed by atoms with E-state index in [9.17, 15) is 9.59 Å². The van der Waals surface area contributed by atoms with E-state index in [1.54, 1.807) is 6.08 Å². The third-order valence-corrected chi connectivity index (χ3v) is 7.39. The summed E-state index contributed by atoms with van der Waals surface area (Å²) >= 11 is 5.48. The Labute approximate surface area is 218 Å². The van der Waals surface area contributed by atoms with Gasteiger partial charge in [-0.15, -0.1) is 0 Å². The highest BCUT2D eigenvalue weighted by Crippen LogP contribution is 2.35. The zero-order valence-electron chi connectivity index (χ0n) is 17.2. The molecule has 1 aliphatic rings. The van der Waals surface area contributed by atoms with Gasteiger partial charge in [0.15, 0.2) is 0 Å². The molecule has 1 heterocycles. The Balaban J connectivity index is 1.49. The van der Waals surface area contributed by atoms with Gasteiger partial charge in [0.25, 0.3) is 11.1 Å². The number of hydrogen-bond donors (Lipinski definition) is 0. The maximum absolute atomic E-state index is 12.8. The van der Waals surface area contributed by atoms with Crippen LogP contribution in [0.1, 0.15) is 22.3 Å². The Kier molecular flexibility index (Phi) is 7.57. The summed E-state index contributed by atoms with van der Waals surface area (Å²) in [5, 5.41) is -0.243. The molecule has 3 aromatic carbocycles. The second kappa shape index (κ2) is 10.4. The number of carbonyl (C=O) groups is 2. The van der Waals surface area contributed by atoms with Crippen molar-refractivity contribution in [1.29, 1.82) is 0 Å². The molecular weight excluding hydrogens is 648 g/mol. The molecule has 0 aromatic heterocycles. The van der Waals surface area contributed by atoms with E-state index in [1.807, 2.05) is 42.5 Å². The van der Waals surface area contributed by atoms with Crippen molar-refractivity contribution in [2.75, 3.05) is 0 Å².